The van der Waals surface area contributed by atoms with Gasteiger partial charge in [0, 0.05) is 18.7 Å². The van der Waals surface area contributed by atoms with Crippen LogP contribution in [-0.4, -0.2) is 33.2 Å². The summed E-state index contributed by atoms with van der Waals surface area (Å²) in [7, 11) is 0. The predicted molar refractivity (Wildman–Crippen MR) is 112 cm³/mol. The summed E-state index contributed by atoms with van der Waals surface area (Å²) in [6.07, 6.45) is 7.04. The smallest absolute Gasteiger partial charge is 0.176 e. The van der Waals surface area contributed by atoms with Gasteiger partial charge in [0.2, 0.25) is 0 Å². The lowest BCUT2D eigenvalue weighted by molar-refractivity contribution is 0.155. The highest BCUT2D eigenvalue weighted by Gasteiger charge is 2.30. The van der Waals surface area contributed by atoms with Gasteiger partial charge in [0.1, 0.15) is 40.2 Å². The minimum Gasteiger partial charge on any atom is -0.491 e. The molecule has 156 valence electrons. The molecule has 3 aromatic rings. The number of hydrogen-bond donors (Lipinski definition) is 1. The molecule has 0 spiro atoms. The van der Waals surface area contributed by atoms with Crippen LogP contribution in [0.4, 0.5) is 26.1 Å². The Labute approximate surface area is 180 Å². The predicted octanol–water partition coefficient (Wildman–Crippen LogP) is 4.54. The van der Waals surface area contributed by atoms with Crippen molar-refractivity contribution in [3.8, 4) is 5.69 Å². The highest BCUT2D eigenvalue weighted by Crippen LogP contribution is 2.37. The molecule has 5 heterocycles. The van der Waals surface area contributed by atoms with Crippen molar-refractivity contribution < 1.29 is 13.5 Å². The molecule has 0 saturated carbocycles. The Morgan fingerprint density at radius 1 is 1.19 bits per heavy atom. The molecule has 10 heteroatoms. The Kier molecular flexibility index (Phi) is 4.01. The molecular weight excluding hydrogens is 426 g/mol. The average molecular weight is 441 g/mol. The fraction of sp³-hybridized carbons (Fsp3) is 0.190. The number of ether oxygens (including phenoxy) is 1. The maximum Gasteiger partial charge on any atom is 0.176 e. The van der Waals surface area contributed by atoms with Crippen LogP contribution in [0.2, 0.25) is 5.02 Å². The topological polar surface area (TPSA) is 67.6 Å². The second kappa shape index (κ2) is 6.78. The molecule has 3 aliphatic heterocycles. The van der Waals surface area contributed by atoms with Gasteiger partial charge in [-0.3, -0.25) is 0 Å². The van der Waals surface area contributed by atoms with E-state index >= 15 is 0 Å². The minimum absolute atomic E-state index is 0.0147. The van der Waals surface area contributed by atoms with E-state index in [-0.39, 0.29) is 28.3 Å². The van der Waals surface area contributed by atoms with E-state index in [1.165, 1.54) is 29.1 Å². The average Bonchev–Trinajstić information content (AvgIpc) is 3.23. The van der Waals surface area contributed by atoms with E-state index < -0.39 is 11.6 Å². The number of rotatable bonds is 2. The van der Waals surface area contributed by atoms with Gasteiger partial charge in [0.05, 0.1) is 35.9 Å². The summed E-state index contributed by atoms with van der Waals surface area (Å²) in [6.45, 7) is 0.692. The third-order valence-corrected chi connectivity index (χ3v) is 5.76. The molecule has 2 aromatic heterocycles. The Bertz CT molecular complexity index is 1270. The summed E-state index contributed by atoms with van der Waals surface area (Å²) in [6, 6.07) is 5.49. The van der Waals surface area contributed by atoms with E-state index in [1.807, 2.05) is 17.2 Å². The molecular formula is C21H15ClF2N6O. The first-order valence-electron chi connectivity index (χ1n) is 9.75. The lowest BCUT2D eigenvalue weighted by Crippen LogP contribution is -2.31. The number of allylic oxidation sites excluding steroid dienone is 1. The van der Waals surface area contributed by atoms with Crippen molar-refractivity contribution in [2.24, 2.45) is 4.99 Å². The van der Waals surface area contributed by atoms with Crippen LogP contribution < -0.4 is 10.2 Å². The summed E-state index contributed by atoms with van der Waals surface area (Å²) >= 11 is 6.31. The van der Waals surface area contributed by atoms with Crippen molar-refractivity contribution in [1.29, 1.82) is 0 Å². The number of benzene rings is 1. The fourth-order valence-electron chi connectivity index (χ4n) is 4.03. The molecule has 1 saturated heterocycles. The zero-order chi connectivity index (χ0) is 21.1. The normalized spacial score (nSPS) is 18.9. The maximum absolute atomic E-state index is 14.5. The monoisotopic (exact) mass is 440 g/mol. The van der Waals surface area contributed by atoms with Crippen molar-refractivity contribution >= 4 is 34.8 Å². The third-order valence-electron chi connectivity index (χ3n) is 5.49. The Morgan fingerprint density at radius 3 is 2.84 bits per heavy atom. The molecule has 7 nitrogen and oxygen atoms in total. The van der Waals surface area contributed by atoms with Gasteiger partial charge in [-0.1, -0.05) is 17.7 Å². The van der Waals surface area contributed by atoms with Crippen LogP contribution in [0.15, 0.2) is 53.6 Å². The summed E-state index contributed by atoms with van der Waals surface area (Å²) < 4.78 is 36.3. The van der Waals surface area contributed by atoms with Gasteiger partial charge < -0.3 is 15.0 Å². The summed E-state index contributed by atoms with van der Waals surface area (Å²) in [5.41, 5.74) is 0.824. The van der Waals surface area contributed by atoms with Gasteiger partial charge in [0.25, 0.3) is 0 Å². The zero-order valence-electron chi connectivity index (χ0n) is 16.0. The number of halogens is 3. The second-order valence-electron chi connectivity index (χ2n) is 7.50. The number of fused-ring (bicyclic) bond motifs is 5. The molecule has 1 N–H and O–H groups in total. The lowest BCUT2D eigenvalue weighted by Gasteiger charge is -2.27. The number of pyridine rings is 1. The van der Waals surface area contributed by atoms with Crippen molar-refractivity contribution in [1.82, 2.24) is 14.8 Å². The molecule has 1 fully saturated rings. The molecule has 3 aliphatic rings. The molecule has 6 rings (SSSR count). The number of aliphatic imine (C=N–C) groups is 1. The van der Waals surface area contributed by atoms with E-state index in [1.54, 1.807) is 6.20 Å². The number of nitrogens with one attached hydrogen (secondary N) is 1. The van der Waals surface area contributed by atoms with Gasteiger partial charge in [-0.2, -0.15) is 5.10 Å². The Morgan fingerprint density at radius 2 is 2.03 bits per heavy atom. The number of hydrogen-bond acceptors (Lipinski definition) is 6. The summed E-state index contributed by atoms with van der Waals surface area (Å²) in [5, 5.41) is 7.59. The number of nitrogens with zero attached hydrogens (tertiary/aromatic N) is 5. The minimum atomic E-state index is -0.739. The van der Waals surface area contributed by atoms with Crippen LogP contribution in [0.3, 0.4) is 0 Å². The van der Waals surface area contributed by atoms with E-state index in [0.717, 1.165) is 18.6 Å². The number of aromatic nitrogens is 3. The standard InChI is InChI=1S/C21H15ClF2N6O/c22-13-7-26-30-17-6-18(29-9-11-4-5-12(10-29)31-11)25-8-16(17)27-20(28-21(13)30)19-14(23)2-1-3-15(19)24/h1-3,6-9,12H,4-5,10H2,(H,27,28). The first-order valence-corrected chi connectivity index (χ1v) is 10.1. The van der Waals surface area contributed by atoms with Crippen molar-refractivity contribution in [3.05, 3.63) is 70.8 Å². The van der Waals surface area contributed by atoms with Crippen molar-refractivity contribution in [2.75, 3.05) is 16.8 Å². The first kappa shape index (κ1) is 18.3. The fourth-order valence-corrected chi connectivity index (χ4v) is 4.20. The molecule has 1 aromatic carbocycles. The summed E-state index contributed by atoms with van der Waals surface area (Å²) in [4.78, 5) is 11.0. The van der Waals surface area contributed by atoms with Crippen molar-refractivity contribution in [3.63, 3.8) is 0 Å². The second-order valence-corrected chi connectivity index (χ2v) is 7.90. The molecule has 0 radical (unpaired) electrons. The molecule has 1 atom stereocenters. The third kappa shape index (κ3) is 2.96. The van der Waals surface area contributed by atoms with Crippen LogP contribution in [0.1, 0.15) is 18.4 Å². The quantitative estimate of drug-likeness (QED) is 0.633. The number of anilines is 2. The SMILES string of the molecule is Fc1cccc(F)c1C1=Nc2c(Cl)cnn2-c2cc(N3C=C4CCC(C3)O4)ncc2N1. The lowest BCUT2D eigenvalue weighted by atomic mass is 10.1. The molecule has 2 bridgehead atoms. The molecule has 1 unspecified atom stereocenters. The Balaban J connectivity index is 1.49. The van der Waals surface area contributed by atoms with E-state index in [4.69, 9.17) is 16.3 Å². The highest BCUT2D eigenvalue weighted by molar-refractivity contribution is 6.33. The van der Waals surface area contributed by atoms with Crippen molar-refractivity contribution in [2.45, 2.75) is 18.9 Å². The van der Waals surface area contributed by atoms with Crippen LogP contribution in [0, 0.1) is 11.6 Å². The zero-order valence-corrected chi connectivity index (χ0v) is 16.8. The van der Waals surface area contributed by atoms with Gasteiger partial charge in [-0.05, 0) is 18.6 Å². The maximum atomic E-state index is 14.5. The van der Waals surface area contributed by atoms with E-state index in [2.05, 4.69) is 20.4 Å². The van der Waals surface area contributed by atoms with Crippen LogP contribution in [0.5, 0.6) is 0 Å². The largest absolute Gasteiger partial charge is 0.491 e. The summed E-state index contributed by atoms with van der Waals surface area (Å²) in [5.74, 6) is 0.414. The van der Waals surface area contributed by atoms with Crippen LogP contribution >= 0.6 is 11.6 Å². The van der Waals surface area contributed by atoms with Crippen LogP contribution in [-0.2, 0) is 4.74 Å². The van der Waals surface area contributed by atoms with Gasteiger partial charge >= 0.3 is 0 Å². The van der Waals surface area contributed by atoms with Gasteiger partial charge in [0.15, 0.2) is 5.82 Å². The highest BCUT2D eigenvalue weighted by atomic mass is 35.5. The van der Waals surface area contributed by atoms with E-state index in [0.29, 0.717) is 23.7 Å². The number of amidine groups is 1. The molecule has 31 heavy (non-hydrogen) atoms. The van der Waals surface area contributed by atoms with Gasteiger partial charge in [-0.15, -0.1) is 0 Å². The molecule has 0 aliphatic carbocycles. The van der Waals surface area contributed by atoms with Crippen LogP contribution in [0.25, 0.3) is 5.69 Å². The van der Waals surface area contributed by atoms with Gasteiger partial charge in [-0.25, -0.2) is 23.4 Å². The van der Waals surface area contributed by atoms with E-state index in [9.17, 15) is 8.78 Å². The first-order chi connectivity index (χ1) is 15.1. The Hall–Kier alpha value is -3.46. The molecule has 0 amide bonds.